The van der Waals surface area contributed by atoms with Crippen molar-refractivity contribution in [3.8, 4) is 0 Å². The van der Waals surface area contributed by atoms with E-state index in [0.717, 1.165) is 15.7 Å². The van der Waals surface area contributed by atoms with Gasteiger partial charge in [0.2, 0.25) is 5.91 Å². The molecule has 0 bridgehead atoms. The zero-order chi connectivity index (χ0) is 23.0. The summed E-state index contributed by atoms with van der Waals surface area (Å²) in [5.41, 5.74) is 2.14. The van der Waals surface area contributed by atoms with Crippen molar-refractivity contribution in [2.45, 2.75) is 19.4 Å². The van der Waals surface area contributed by atoms with Gasteiger partial charge in [0.15, 0.2) is 0 Å². The highest BCUT2D eigenvalue weighted by atomic mass is 35.5. The van der Waals surface area contributed by atoms with Gasteiger partial charge in [0.25, 0.3) is 5.56 Å². The topological polar surface area (TPSA) is 85.1 Å². The third kappa shape index (κ3) is 3.76. The lowest BCUT2D eigenvalue weighted by Crippen LogP contribution is -2.44. The monoisotopic (exact) mass is 450 g/mol. The Morgan fingerprint density at radius 2 is 1.69 bits per heavy atom. The van der Waals surface area contributed by atoms with Gasteiger partial charge >= 0.3 is 5.69 Å². The first-order valence-corrected chi connectivity index (χ1v) is 10.5. The summed E-state index contributed by atoms with van der Waals surface area (Å²) < 4.78 is 2.45. The van der Waals surface area contributed by atoms with Crippen LogP contribution in [0.15, 0.2) is 75.5 Å². The van der Waals surface area contributed by atoms with Crippen molar-refractivity contribution in [3.05, 3.63) is 108 Å². The number of carbonyl (C=O) groups excluding carboxylic acids is 1. The summed E-state index contributed by atoms with van der Waals surface area (Å²) in [5.74, 6) is -0.569. The lowest BCUT2D eigenvalue weighted by molar-refractivity contribution is -0.117. The predicted molar refractivity (Wildman–Crippen MR) is 125 cm³/mol. The molecule has 3 aromatic rings. The van der Waals surface area contributed by atoms with Crippen molar-refractivity contribution in [2.24, 2.45) is 14.1 Å². The lowest BCUT2D eigenvalue weighted by atomic mass is 9.81. The average Bonchev–Trinajstić information content (AvgIpc) is 2.80. The normalized spacial score (nSPS) is 15.2. The molecule has 2 N–H and O–H groups in total. The van der Waals surface area contributed by atoms with E-state index < -0.39 is 17.2 Å². The van der Waals surface area contributed by atoms with Gasteiger partial charge in [0.1, 0.15) is 5.82 Å². The molecular weight excluding hydrogens is 428 g/mol. The molecule has 1 aromatic heterocycles. The zero-order valence-corrected chi connectivity index (χ0v) is 18.7. The van der Waals surface area contributed by atoms with Crippen molar-refractivity contribution < 1.29 is 4.79 Å². The predicted octanol–water partition coefficient (Wildman–Crippen LogP) is 2.89. The molecular formula is C24H23ClN4O3. The minimum atomic E-state index is -0.662. The highest BCUT2D eigenvalue weighted by Crippen LogP contribution is 2.39. The molecule has 164 valence electrons. The van der Waals surface area contributed by atoms with E-state index in [4.69, 9.17) is 11.6 Å². The first-order valence-electron chi connectivity index (χ1n) is 10.1. The fourth-order valence-corrected chi connectivity index (χ4v) is 4.18. The molecule has 32 heavy (non-hydrogen) atoms. The van der Waals surface area contributed by atoms with E-state index in [1.165, 1.54) is 11.6 Å². The van der Waals surface area contributed by atoms with Crippen LogP contribution >= 0.6 is 11.6 Å². The number of aromatic nitrogens is 2. The first kappa shape index (κ1) is 21.6. The number of fused-ring (bicyclic) bond motifs is 1. The summed E-state index contributed by atoms with van der Waals surface area (Å²) in [6, 6.07) is 16.6. The second kappa shape index (κ2) is 8.51. The molecule has 1 aliphatic heterocycles. The molecule has 0 fully saturated rings. The molecule has 1 aliphatic rings. The van der Waals surface area contributed by atoms with E-state index >= 15 is 0 Å². The second-order valence-electron chi connectivity index (χ2n) is 7.78. The van der Waals surface area contributed by atoms with Crippen LogP contribution in [0.1, 0.15) is 29.5 Å². The smallest absolute Gasteiger partial charge is 0.332 e. The van der Waals surface area contributed by atoms with Gasteiger partial charge in [-0.15, -0.1) is 0 Å². The Hall–Kier alpha value is -3.58. The Balaban J connectivity index is 1.86. The quantitative estimate of drug-likeness (QED) is 0.640. The first-order chi connectivity index (χ1) is 15.3. The summed E-state index contributed by atoms with van der Waals surface area (Å²) in [4.78, 5) is 39.1. The molecule has 0 radical (unpaired) electrons. The maximum atomic E-state index is 13.4. The van der Waals surface area contributed by atoms with Crippen molar-refractivity contribution >= 4 is 23.3 Å². The molecule has 0 saturated heterocycles. The number of nitrogens with zero attached hydrogens (tertiary/aromatic N) is 2. The van der Waals surface area contributed by atoms with Crippen LogP contribution in [0.25, 0.3) is 0 Å². The number of nitrogens with one attached hydrogen (secondary N) is 2. The number of amides is 1. The van der Waals surface area contributed by atoms with E-state index in [1.54, 1.807) is 38.2 Å². The number of anilines is 1. The molecule has 2 heterocycles. The van der Waals surface area contributed by atoms with Crippen LogP contribution in [0.5, 0.6) is 0 Å². The third-order valence-electron chi connectivity index (χ3n) is 5.73. The summed E-state index contributed by atoms with van der Waals surface area (Å²) in [6.45, 7) is 2.12. The van der Waals surface area contributed by atoms with Crippen molar-refractivity contribution in [1.29, 1.82) is 0 Å². The van der Waals surface area contributed by atoms with Crippen LogP contribution in [-0.2, 0) is 25.4 Å². The molecule has 1 atom stereocenters. The van der Waals surface area contributed by atoms with Gasteiger partial charge in [-0.1, -0.05) is 54.1 Å². The number of carbonyl (C=O) groups is 1. The van der Waals surface area contributed by atoms with Crippen molar-refractivity contribution in [1.82, 2.24) is 14.5 Å². The standard InChI is InChI=1S/C24H23ClN4O3/c1-14-18(22(30)26-13-15-7-5-4-6-8-15)19(16-9-11-17(25)12-10-16)20-21(27-14)28(2)24(32)29(3)23(20)31/h4-12,19,27H,13H2,1-3H3,(H,26,30). The minimum absolute atomic E-state index is 0.291. The molecule has 7 nitrogen and oxygen atoms in total. The van der Waals surface area contributed by atoms with E-state index in [2.05, 4.69) is 10.6 Å². The van der Waals surface area contributed by atoms with Gasteiger partial charge in [0, 0.05) is 36.9 Å². The summed E-state index contributed by atoms with van der Waals surface area (Å²) in [6.07, 6.45) is 0. The highest BCUT2D eigenvalue weighted by molar-refractivity contribution is 6.30. The van der Waals surface area contributed by atoms with Crippen molar-refractivity contribution in [3.63, 3.8) is 0 Å². The minimum Gasteiger partial charge on any atom is -0.348 e. The summed E-state index contributed by atoms with van der Waals surface area (Å²) >= 11 is 6.08. The number of halogens is 1. The molecule has 8 heteroatoms. The van der Waals surface area contributed by atoms with E-state index in [0.29, 0.717) is 34.2 Å². The maximum absolute atomic E-state index is 13.4. The van der Waals surface area contributed by atoms with E-state index in [9.17, 15) is 14.4 Å². The van der Waals surface area contributed by atoms with E-state index in [1.807, 2.05) is 30.3 Å². The zero-order valence-electron chi connectivity index (χ0n) is 18.0. The summed E-state index contributed by atoms with van der Waals surface area (Å²) in [7, 11) is 3.03. The summed E-state index contributed by atoms with van der Waals surface area (Å²) in [5, 5.41) is 6.63. The molecule has 0 spiro atoms. The van der Waals surface area contributed by atoms with Gasteiger partial charge in [-0.3, -0.25) is 18.7 Å². The molecule has 4 rings (SSSR count). The Kier molecular flexibility index (Phi) is 5.76. The van der Waals surface area contributed by atoms with Gasteiger partial charge in [0.05, 0.1) is 11.5 Å². The van der Waals surface area contributed by atoms with Crippen LogP contribution in [0.3, 0.4) is 0 Å². The fourth-order valence-electron chi connectivity index (χ4n) is 4.05. The SMILES string of the molecule is CC1=C(C(=O)NCc2ccccc2)C(c2ccc(Cl)cc2)c2c(n(C)c(=O)n(C)c2=O)N1. The molecule has 0 aliphatic carbocycles. The maximum Gasteiger partial charge on any atom is 0.332 e. The average molecular weight is 451 g/mol. The van der Waals surface area contributed by atoms with Crippen LogP contribution in [0.4, 0.5) is 5.82 Å². The number of hydrogen-bond acceptors (Lipinski definition) is 4. The second-order valence-corrected chi connectivity index (χ2v) is 8.22. The van der Waals surface area contributed by atoms with Crippen LogP contribution in [0.2, 0.25) is 5.02 Å². The Morgan fingerprint density at radius 3 is 2.34 bits per heavy atom. The largest absolute Gasteiger partial charge is 0.348 e. The third-order valence-corrected chi connectivity index (χ3v) is 5.98. The number of allylic oxidation sites excluding steroid dienone is 1. The van der Waals surface area contributed by atoms with E-state index in [-0.39, 0.29) is 5.91 Å². The number of hydrogen-bond donors (Lipinski definition) is 2. The number of rotatable bonds is 4. The molecule has 2 aromatic carbocycles. The Morgan fingerprint density at radius 1 is 1.03 bits per heavy atom. The van der Waals surface area contributed by atoms with Gasteiger partial charge in [-0.05, 0) is 30.2 Å². The fraction of sp³-hybridized carbons (Fsp3) is 0.208. The van der Waals surface area contributed by atoms with Crippen molar-refractivity contribution in [2.75, 3.05) is 5.32 Å². The highest BCUT2D eigenvalue weighted by Gasteiger charge is 2.36. The van der Waals surface area contributed by atoms with Crippen LogP contribution in [0, 0.1) is 0 Å². The van der Waals surface area contributed by atoms with Gasteiger partial charge in [-0.2, -0.15) is 0 Å². The molecule has 1 amide bonds. The Labute approximate surface area is 190 Å². The molecule has 1 unspecified atom stereocenters. The molecule has 0 saturated carbocycles. The number of benzene rings is 2. The van der Waals surface area contributed by atoms with Gasteiger partial charge < -0.3 is 10.6 Å². The lowest BCUT2D eigenvalue weighted by Gasteiger charge is -2.31. The van der Waals surface area contributed by atoms with Crippen LogP contribution < -0.4 is 21.9 Å². The Bertz CT molecular complexity index is 1340. The van der Waals surface area contributed by atoms with Gasteiger partial charge in [-0.25, -0.2) is 4.79 Å². The van der Waals surface area contributed by atoms with Crippen LogP contribution in [-0.4, -0.2) is 15.0 Å².